The molecule has 1 aromatic rings. The predicted molar refractivity (Wildman–Crippen MR) is 86.7 cm³/mol. The molecule has 0 radical (unpaired) electrons. The van der Waals surface area contributed by atoms with Crippen LogP contribution in [0.2, 0.25) is 0 Å². The van der Waals surface area contributed by atoms with E-state index < -0.39 is 0 Å². The second kappa shape index (κ2) is 5.90. The monoisotopic (exact) mass is 292 g/mol. The van der Waals surface area contributed by atoms with E-state index >= 15 is 0 Å². The van der Waals surface area contributed by atoms with Crippen LogP contribution in [0.25, 0.3) is 11.6 Å². The molecule has 0 bridgehead atoms. The summed E-state index contributed by atoms with van der Waals surface area (Å²) in [6, 6.07) is 7.90. The first kappa shape index (κ1) is 14.1. The van der Waals surface area contributed by atoms with Crippen LogP contribution in [0.15, 0.2) is 72.7 Å². The first-order chi connectivity index (χ1) is 10.8. The van der Waals surface area contributed by atoms with Crippen molar-refractivity contribution in [2.24, 2.45) is 0 Å². The summed E-state index contributed by atoms with van der Waals surface area (Å²) in [5, 5.41) is 0. The van der Waals surface area contributed by atoms with Gasteiger partial charge in [-0.05, 0) is 28.9 Å². The van der Waals surface area contributed by atoms with Crippen LogP contribution in [-0.4, -0.2) is 19.0 Å². The van der Waals surface area contributed by atoms with E-state index in [4.69, 9.17) is 9.47 Å². The van der Waals surface area contributed by atoms with Crippen molar-refractivity contribution in [1.82, 2.24) is 0 Å². The number of carbonyl (C=O) groups excluding carboxylic acids is 1. The highest BCUT2D eigenvalue weighted by molar-refractivity contribution is 6.25. The van der Waals surface area contributed by atoms with Gasteiger partial charge in [0.2, 0.25) is 11.5 Å². The maximum Gasteiger partial charge on any atom is 0.232 e. The Bertz CT molecular complexity index is 748. The first-order valence-electron chi connectivity index (χ1n) is 7.05. The average Bonchev–Trinajstić information content (AvgIpc) is 2.91. The standard InChI is InChI=1S/C19H16O3/c1-3-9-21-17-12-15-14-8-6-5-7-13(14)11-16(15)18(20)19(17)22-10-4-2/h3-8,11-12H,1-2,9-10H2. The Labute approximate surface area is 129 Å². The van der Waals surface area contributed by atoms with Crippen molar-refractivity contribution in [3.05, 3.63) is 83.9 Å². The largest absolute Gasteiger partial charge is 0.485 e. The molecule has 1 aromatic carbocycles. The number of ketones is 1. The van der Waals surface area contributed by atoms with Crippen LogP contribution in [0.4, 0.5) is 0 Å². The van der Waals surface area contributed by atoms with Crippen molar-refractivity contribution < 1.29 is 14.3 Å². The smallest absolute Gasteiger partial charge is 0.232 e. The molecule has 3 rings (SSSR count). The van der Waals surface area contributed by atoms with Gasteiger partial charge in [-0.1, -0.05) is 49.6 Å². The molecule has 2 aliphatic carbocycles. The average molecular weight is 292 g/mol. The number of benzene rings is 1. The second-order valence-electron chi connectivity index (χ2n) is 4.93. The highest BCUT2D eigenvalue weighted by Gasteiger charge is 2.33. The van der Waals surface area contributed by atoms with E-state index in [9.17, 15) is 4.79 Å². The Hall–Kier alpha value is -2.81. The number of fused-ring (bicyclic) bond motifs is 3. The molecule has 3 nitrogen and oxygen atoms in total. The van der Waals surface area contributed by atoms with Gasteiger partial charge in [-0.2, -0.15) is 0 Å². The molecule has 0 atom stereocenters. The Balaban J connectivity index is 2.06. The molecular formula is C19H16O3. The zero-order chi connectivity index (χ0) is 15.5. The summed E-state index contributed by atoms with van der Waals surface area (Å²) in [7, 11) is 0. The molecule has 22 heavy (non-hydrogen) atoms. The third-order valence-corrected chi connectivity index (χ3v) is 3.49. The van der Waals surface area contributed by atoms with E-state index in [0.717, 1.165) is 16.7 Å². The normalized spacial score (nSPS) is 15.5. The summed E-state index contributed by atoms with van der Waals surface area (Å²) < 4.78 is 11.1. The lowest BCUT2D eigenvalue weighted by Crippen LogP contribution is -2.17. The SMILES string of the molecule is C=CCOC1=C(OCC=C)C(=O)C2=Cc3ccccc3C2=C1. The summed E-state index contributed by atoms with van der Waals surface area (Å²) in [5.41, 5.74) is 3.59. The van der Waals surface area contributed by atoms with Crippen molar-refractivity contribution in [1.29, 1.82) is 0 Å². The van der Waals surface area contributed by atoms with Gasteiger partial charge in [-0.25, -0.2) is 0 Å². The van der Waals surface area contributed by atoms with E-state index in [1.54, 1.807) is 12.2 Å². The van der Waals surface area contributed by atoms with Crippen LogP contribution in [0, 0.1) is 0 Å². The zero-order valence-corrected chi connectivity index (χ0v) is 12.2. The van der Waals surface area contributed by atoms with Crippen LogP contribution < -0.4 is 0 Å². The van der Waals surface area contributed by atoms with Gasteiger partial charge in [0.25, 0.3) is 0 Å². The highest BCUT2D eigenvalue weighted by Crippen LogP contribution is 2.41. The van der Waals surface area contributed by atoms with Crippen molar-refractivity contribution in [2.75, 3.05) is 13.2 Å². The molecular weight excluding hydrogens is 276 g/mol. The molecule has 0 spiro atoms. The Morgan fingerprint density at radius 2 is 1.68 bits per heavy atom. The van der Waals surface area contributed by atoms with Gasteiger partial charge in [-0.15, -0.1) is 0 Å². The Kier molecular flexibility index (Phi) is 3.79. The third kappa shape index (κ3) is 2.31. The van der Waals surface area contributed by atoms with Crippen LogP contribution >= 0.6 is 0 Å². The molecule has 0 heterocycles. The maximum atomic E-state index is 12.7. The lowest BCUT2D eigenvalue weighted by molar-refractivity contribution is -0.115. The molecule has 0 saturated carbocycles. The fraction of sp³-hybridized carbons (Fsp3) is 0.105. The molecule has 3 heteroatoms. The van der Waals surface area contributed by atoms with Gasteiger partial charge in [0.1, 0.15) is 13.2 Å². The Morgan fingerprint density at radius 1 is 0.955 bits per heavy atom. The molecule has 110 valence electrons. The van der Waals surface area contributed by atoms with Crippen LogP contribution in [-0.2, 0) is 14.3 Å². The van der Waals surface area contributed by atoms with Gasteiger partial charge in [0.05, 0.1) is 0 Å². The lowest BCUT2D eigenvalue weighted by atomic mass is 9.94. The topological polar surface area (TPSA) is 35.5 Å². The second-order valence-corrected chi connectivity index (χ2v) is 4.93. The maximum absolute atomic E-state index is 12.7. The first-order valence-corrected chi connectivity index (χ1v) is 7.05. The summed E-state index contributed by atoms with van der Waals surface area (Å²) in [6.07, 6.45) is 6.99. The quantitative estimate of drug-likeness (QED) is 0.751. The summed E-state index contributed by atoms with van der Waals surface area (Å²) in [6.45, 7) is 7.81. The molecule has 0 fully saturated rings. The van der Waals surface area contributed by atoms with Crippen LogP contribution in [0.3, 0.4) is 0 Å². The molecule has 0 aromatic heterocycles. The van der Waals surface area contributed by atoms with E-state index in [1.165, 1.54) is 0 Å². The summed E-state index contributed by atoms with van der Waals surface area (Å²) in [5.74, 6) is 0.509. The minimum absolute atomic E-state index is 0.158. The van der Waals surface area contributed by atoms with Crippen LogP contribution in [0.5, 0.6) is 0 Å². The van der Waals surface area contributed by atoms with Crippen molar-refractivity contribution in [3.63, 3.8) is 0 Å². The molecule has 0 unspecified atom stereocenters. The van der Waals surface area contributed by atoms with E-state index in [2.05, 4.69) is 13.2 Å². The van der Waals surface area contributed by atoms with Gasteiger partial charge < -0.3 is 9.47 Å². The number of rotatable bonds is 6. The molecule has 0 saturated heterocycles. The zero-order valence-electron chi connectivity index (χ0n) is 12.2. The fourth-order valence-electron chi connectivity index (χ4n) is 2.56. The number of Topliss-reactive ketones (excluding diaryl/α,β-unsaturated/α-hetero) is 1. The molecule has 0 amide bonds. The van der Waals surface area contributed by atoms with Gasteiger partial charge in [0, 0.05) is 5.57 Å². The van der Waals surface area contributed by atoms with Gasteiger partial charge >= 0.3 is 0 Å². The van der Waals surface area contributed by atoms with E-state index in [-0.39, 0.29) is 18.1 Å². The number of carbonyl (C=O) groups is 1. The Morgan fingerprint density at radius 3 is 2.45 bits per heavy atom. The van der Waals surface area contributed by atoms with Crippen LogP contribution in [0.1, 0.15) is 11.1 Å². The van der Waals surface area contributed by atoms with E-state index in [0.29, 0.717) is 17.9 Å². The number of hydrogen-bond donors (Lipinski definition) is 0. The van der Waals surface area contributed by atoms with E-state index in [1.807, 2.05) is 36.4 Å². The third-order valence-electron chi connectivity index (χ3n) is 3.49. The minimum atomic E-state index is -0.158. The molecule has 2 aliphatic rings. The minimum Gasteiger partial charge on any atom is -0.485 e. The summed E-state index contributed by atoms with van der Waals surface area (Å²) in [4.78, 5) is 12.7. The predicted octanol–water partition coefficient (Wildman–Crippen LogP) is 3.67. The van der Waals surface area contributed by atoms with Crippen molar-refractivity contribution >= 4 is 17.4 Å². The molecule has 0 aliphatic heterocycles. The number of hydrogen-bond acceptors (Lipinski definition) is 3. The summed E-state index contributed by atoms with van der Waals surface area (Å²) >= 11 is 0. The molecule has 0 N–H and O–H groups in total. The lowest BCUT2D eigenvalue weighted by Gasteiger charge is -2.19. The van der Waals surface area contributed by atoms with Gasteiger partial charge in [-0.3, -0.25) is 4.79 Å². The number of allylic oxidation sites excluding steroid dienone is 3. The number of ether oxygens (including phenoxy) is 2. The van der Waals surface area contributed by atoms with Crippen molar-refractivity contribution in [2.45, 2.75) is 0 Å². The van der Waals surface area contributed by atoms with Gasteiger partial charge in [0.15, 0.2) is 5.76 Å². The fourth-order valence-corrected chi connectivity index (χ4v) is 2.56. The van der Waals surface area contributed by atoms with Crippen molar-refractivity contribution in [3.8, 4) is 0 Å². The highest BCUT2D eigenvalue weighted by atomic mass is 16.5.